The zero-order valence-corrected chi connectivity index (χ0v) is 12.3. The third kappa shape index (κ3) is 1.97. The Labute approximate surface area is 129 Å². The predicted molar refractivity (Wildman–Crippen MR) is 86.3 cm³/mol. The minimum Gasteiger partial charge on any atom is -0.381 e. The third-order valence-electron chi connectivity index (χ3n) is 4.40. The number of hydrogen-bond acceptors (Lipinski definition) is 1. The quantitative estimate of drug-likeness (QED) is 0.699. The fraction of sp³-hybridized carbons (Fsp3) is 0.158. The van der Waals surface area contributed by atoms with Gasteiger partial charge in [0.05, 0.1) is 0 Å². The Morgan fingerprint density at radius 1 is 1.00 bits per heavy atom. The van der Waals surface area contributed by atoms with E-state index < -0.39 is 5.60 Å². The van der Waals surface area contributed by atoms with Crippen molar-refractivity contribution >= 4 is 11.6 Å². The molecule has 0 radical (unpaired) electrons. The normalized spacial score (nSPS) is 22.7. The van der Waals surface area contributed by atoms with Crippen LogP contribution in [0.3, 0.4) is 0 Å². The summed E-state index contributed by atoms with van der Waals surface area (Å²) < 4.78 is 0. The molecule has 0 fully saturated rings. The standard InChI is InChI=1S/C19H15ClO/c20-14-6-4-10-19(21,12-14)18-9-3-8-16-15-7-2-1-5-13(15)11-17(16)18/h1-10,21H,11-12H2. The molecule has 2 heteroatoms. The Morgan fingerprint density at radius 3 is 2.67 bits per heavy atom. The highest BCUT2D eigenvalue weighted by molar-refractivity contribution is 6.29. The predicted octanol–water partition coefficient (Wildman–Crippen LogP) is 4.53. The first-order chi connectivity index (χ1) is 10.2. The average molecular weight is 295 g/mol. The van der Waals surface area contributed by atoms with E-state index in [1.807, 2.05) is 30.4 Å². The lowest BCUT2D eigenvalue weighted by molar-refractivity contribution is 0.0896. The molecule has 0 spiro atoms. The van der Waals surface area contributed by atoms with Crippen molar-refractivity contribution in [2.24, 2.45) is 0 Å². The van der Waals surface area contributed by atoms with E-state index in [1.165, 1.54) is 22.3 Å². The van der Waals surface area contributed by atoms with Crippen LogP contribution in [0.15, 0.2) is 65.7 Å². The van der Waals surface area contributed by atoms with Crippen molar-refractivity contribution in [3.63, 3.8) is 0 Å². The summed E-state index contributed by atoms with van der Waals surface area (Å²) in [6.07, 6.45) is 6.84. The van der Waals surface area contributed by atoms with Crippen molar-refractivity contribution in [3.05, 3.63) is 82.4 Å². The largest absolute Gasteiger partial charge is 0.381 e. The summed E-state index contributed by atoms with van der Waals surface area (Å²) in [5.74, 6) is 0. The minimum atomic E-state index is -1.00. The van der Waals surface area contributed by atoms with E-state index in [4.69, 9.17) is 11.6 Å². The number of fused-ring (bicyclic) bond motifs is 3. The van der Waals surface area contributed by atoms with Crippen molar-refractivity contribution in [1.29, 1.82) is 0 Å². The van der Waals surface area contributed by atoms with E-state index in [2.05, 4.69) is 30.3 Å². The summed E-state index contributed by atoms with van der Waals surface area (Å²) in [7, 11) is 0. The summed E-state index contributed by atoms with van der Waals surface area (Å²) in [6.45, 7) is 0. The molecule has 0 saturated heterocycles. The fourth-order valence-electron chi connectivity index (χ4n) is 3.43. The topological polar surface area (TPSA) is 20.2 Å². The molecule has 1 atom stereocenters. The molecular weight excluding hydrogens is 280 g/mol. The molecule has 4 rings (SSSR count). The van der Waals surface area contributed by atoms with Gasteiger partial charge in [-0.2, -0.15) is 0 Å². The van der Waals surface area contributed by atoms with E-state index in [1.54, 1.807) is 0 Å². The molecule has 21 heavy (non-hydrogen) atoms. The number of halogens is 1. The molecular formula is C19H15ClO. The van der Waals surface area contributed by atoms with Crippen LogP contribution in [-0.4, -0.2) is 5.11 Å². The van der Waals surface area contributed by atoms with Crippen LogP contribution in [-0.2, 0) is 12.0 Å². The molecule has 0 amide bonds. The Bertz CT molecular complexity index is 788. The smallest absolute Gasteiger partial charge is 0.113 e. The lowest BCUT2D eigenvalue weighted by atomic mass is 9.83. The van der Waals surface area contributed by atoms with Gasteiger partial charge in [-0.15, -0.1) is 0 Å². The van der Waals surface area contributed by atoms with E-state index in [9.17, 15) is 5.11 Å². The van der Waals surface area contributed by atoms with Crippen molar-refractivity contribution in [1.82, 2.24) is 0 Å². The van der Waals surface area contributed by atoms with Crippen LogP contribution in [0.4, 0.5) is 0 Å². The molecule has 2 aliphatic carbocycles. The maximum Gasteiger partial charge on any atom is 0.113 e. The van der Waals surface area contributed by atoms with Gasteiger partial charge in [0.1, 0.15) is 5.60 Å². The summed E-state index contributed by atoms with van der Waals surface area (Å²) in [6, 6.07) is 14.6. The summed E-state index contributed by atoms with van der Waals surface area (Å²) >= 11 is 6.14. The molecule has 0 aliphatic heterocycles. The molecule has 1 unspecified atom stereocenters. The Hall–Kier alpha value is -1.83. The van der Waals surface area contributed by atoms with Crippen LogP contribution in [0.25, 0.3) is 11.1 Å². The molecule has 0 aromatic heterocycles. The van der Waals surface area contributed by atoms with Gasteiger partial charge in [-0.3, -0.25) is 0 Å². The van der Waals surface area contributed by atoms with Crippen LogP contribution in [0.5, 0.6) is 0 Å². The lowest BCUT2D eigenvalue weighted by Crippen LogP contribution is -2.26. The van der Waals surface area contributed by atoms with Crippen molar-refractivity contribution in [2.75, 3.05) is 0 Å². The second-order valence-corrected chi connectivity index (χ2v) is 6.22. The first kappa shape index (κ1) is 12.9. The number of benzene rings is 2. The van der Waals surface area contributed by atoms with Crippen molar-refractivity contribution in [2.45, 2.75) is 18.4 Å². The number of aliphatic hydroxyl groups is 1. The van der Waals surface area contributed by atoms with E-state index >= 15 is 0 Å². The highest BCUT2D eigenvalue weighted by Crippen LogP contribution is 2.44. The molecule has 104 valence electrons. The highest BCUT2D eigenvalue weighted by Gasteiger charge is 2.33. The van der Waals surface area contributed by atoms with Gasteiger partial charge in [-0.25, -0.2) is 0 Å². The molecule has 0 heterocycles. The zero-order chi connectivity index (χ0) is 14.4. The second-order valence-electron chi connectivity index (χ2n) is 5.74. The van der Waals surface area contributed by atoms with E-state index in [0.717, 1.165) is 12.0 Å². The van der Waals surface area contributed by atoms with Crippen LogP contribution in [0.1, 0.15) is 23.1 Å². The van der Waals surface area contributed by atoms with Gasteiger partial charge in [0.25, 0.3) is 0 Å². The lowest BCUT2D eigenvalue weighted by Gasteiger charge is -2.29. The monoisotopic (exact) mass is 294 g/mol. The van der Waals surface area contributed by atoms with Gasteiger partial charge in [0.15, 0.2) is 0 Å². The van der Waals surface area contributed by atoms with Gasteiger partial charge in [-0.1, -0.05) is 60.1 Å². The summed E-state index contributed by atoms with van der Waals surface area (Å²) in [4.78, 5) is 0. The first-order valence-electron chi connectivity index (χ1n) is 7.14. The molecule has 2 aromatic rings. The van der Waals surface area contributed by atoms with Crippen molar-refractivity contribution < 1.29 is 5.11 Å². The summed E-state index contributed by atoms with van der Waals surface area (Å²) in [5, 5.41) is 11.7. The molecule has 1 N–H and O–H groups in total. The van der Waals surface area contributed by atoms with E-state index in [0.29, 0.717) is 11.5 Å². The van der Waals surface area contributed by atoms with Gasteiger partial charge in [0.2, 0.25) is 0 Å². The van der Waals surface area contributed by atoms with E-state index in [-0.39, 0.29) is 0 Å². The van der Waals surface area contributed by atoms with Crippen LogP contribution in [0.2, 0.25) is 0 Å². The molecule has 0 bridgehead atoms. The van der Waals surface area contributed by atoms with Crippen LogP contribution < -0.4 is 0 Å². The number of allylic oxidation sites excluding steroid dienone is 2. The molecule has 2 aromatic carbocycles. The third-order valence-corrected chi connectivity index (χ3v) is 4.66. The van der Waals surface area contributed by atoms with Gasteiger partial charge >= 0.3 is 0 Å². The van der Waals surface area contributed by atoms with Gasteiger partial charge in [-0.05, 0) is 46.4 Å². The number of rotatable bonds is 1. The molecule has 2 aliphatic rings. The number of hydrogen-bond donors (Lipinski definition) is 1. The molecule has 1 nitrogen and oxygen atoms in total. The van der Waals surface area contributed by atoms with Crippen LogP contribution in [0, 0.1) is 0 Å². The molecule has 0 saturated carbocycles. The minimum absolute atomic E-state index is 0.442. The summed E-state index contributed by atoms with van der Waals surface area (Å²) in [5.41, 5.74) is 5.02. The first-order valence-corrected chi connectivity index (χ1v) is 7.52. The fourth-order valence-corrected chi connectivity index (χ4v) is 3.71. The Kier molecular flexibility index (Phi) is 2.81. The van der Waals surface area contributed by atoms with Gasteiger partial charge in [0, 0.05) is 11.5 Å². The maximum absolute atomic E-state index is 11.0. The highest BCUT2D eigenvalue weighted by atomic mass is 35.5. The maximum atomic E-state index is 11.0. The van der Waals surface area contributed by atoms with Gasteiger partial charge < -0.3 is 5.11 Å². The zero-order valence-electron chi connectivity index (χ0n) is 11.5. The van der Waals surface area contributed by atoms with Crippen molar-refractivity contribution in [3.8, 4) is 11.1 Å². The SMILES string of the molecule is OC1(c2cccc3c2Cc2ccccc2-3)C=CC=C(Cl)C1. The van der Waals surface area contributed by atoms with Crippen LogP contribution >= 0.6 is 11.6 Å². The second kappa shape index (κ2) is 4.59. The Morgan fingerprint density at radius 2 is 1.81 bits per heavy atom. The Balaban J connectivity index is 1.88. The average Bonchev–Trinajstić information content (AvgIpc) is 2.85.